The molecule has 0 heterocycles. The van der Waals surface area contributed by atoms with Crippen molar-refractivity contribution in [3.8, 4) is 0 Å². The van der Waals surface area contributed by atoms with E-state index in [2.05, 4.69) is 10.0 Å². The van der Waals surface area contributed by atoms with Crippen LogP contribution in [0.5, 0.6) is 0 Å². The van der Waals surface area contributed by atoms with Gasteiger partial charge >= 0.3 is 0 Å². The summed E-state index contributed by atoms with van der Waals surface area (Å²) in [5, 5.41) is 2.87. The van der Waals surface area contributed by atoms with Crippen molar-refractivity contribution in [2.24, 2.45) is 0 Å². The molecule has 0 fully saturated rings. The van der Waals surface area contributed by atoms with Crippen LogP contribution in [-0.2, 0) is 21.4 Å². The van der Waals surface area contributed by atoms with Crippen LogP contribution in [0, 0.1) is 5.82 Å². The van der Waals surface area contributed by atoms with Crippen LogP contribution in [0.2, 0.25) is 5.02 Å². The van der Waals surface area contributed by atoms with Crippen LogP contribution in [0.25, 0.3) is 0 Å². The average Bonchev–Trinajstić information content (AvgIpc) is 2.53. The number of halogens is 2. The predicted octanol–water partition coefficient (Wildman–Crippen LogP) is 2.46. The van der Waals surface area contributed by atoms with Crippen LogP contribution in [-0.4, -0.2) is 20.4 Å². The summed E-state index contributed by atoms with van der Waals surface area (Å²) < 4.78 is 39.5. The zero-order chi connectivity index (χ0) is 17.7. The lowest BCUT2D eigenvalue weighted by atomic mass is 10.2. The second-order valence-electron chi connectivity index (χ2n) is 5.14. The smallest absolute Gasteiger partial charge is 0.241 e. The van der Waals surface area contributed by atoms with Crippen LogP contribution in [0.1, 0.15) is 12.5 Å². The van der Waals surface area contributed by atoms with Gasteiger partial charge in [0.2, 0.25) is 15.9 Å². The maximum absolute atomic E-state index is 12.8. The fraction of sp³-hybridized carbons (Fsp3) is 0.188. The predicted molar refractivity (Wildman–Crippen MR) is 89.5 cm³/mol. The first-order valence-corrected chi connectivity index (χ1v) is 8.94. The maximum atomic E-state index is 12.8. The van der Waals surface area contributed by atoms with Gasteiger partial charge in [0.15, 0.2) is 0 Å². The van der Waals surface area contributed by atoms with E-state index in [9.17, 15) is 17.6 Å². The highest BCUT2D eigenvalue weighted by atomic mass is 35.5. The van der Waals surface area contributed by atoms with E-state index in [-0.39, 0.29) is 22.3 Å². The molecule has 0 radical (unpaired) electrons. The van der Waals surface area contributed by atoms with E-state index in [4.69, 9.17) is 11.6 Å². The van der Waals surface area contributed by atoms with Crippen molar-refractivity contribution in [1.29, 1.82) is 0 Å². The van der Waals surface area contributed by atoms with Crippen molar-refractivity contribution in [1.82, 2.24) is 10.0 Å². The molecule has 1 unspecified atom stereocenters. The fourth-order valence-electron chi connectivity index (χ4n) is 1.93. The van der Waals surface area contributed by atoms with Crippen molar-refractivity contribution in [3.63, 3.8) is 0 Å². The van der Waals surface area contributed by atoms with Gasteiger partial charge in [0.1, 0.15) is 5.82 Å². The highest BCUT2D eigenvalue weighted by Gasteiger charge is 2.22. The van der Waals surface area contributed by atoms with Gasteiger partial charge in [-0.3, -0.25) is 4.79 Å². The van der Waals surface area contributed by atoms with E-state index in [1.165, 1.54) is 49.4 Å². The molecule has 0 aliphatic rings. The number of carbonyl (C=O) groups is 1. The van der Waals surface area contributed by atoms with Gasteiger partial charge in [-0.2, -0.15) is 4.72 Å². The normalized spacial score (nSPS) is 12.6. The molecule has 2 aromatic carbocycles. The lowest BCUT2D eigenvalue weighted by molar-refractivity contribution is -0.122. The van der Waals surface area contributed by atoms with Gasteiger partial charge in [0, 0.05) is 11.6 Å². The molecule has 5 nitrogen and oxygen atoms in total. The Balaban J connectivity index is 1.96. The third-order valence-electron chi connectivity index (χ3n) is 3.21. The van der Waals surface area contributed by atoms with Crippen LogP contribution in [0.4, 0.5) is 4.39 Å². The van der Waals surface area contributed by atoms with Crippen molar-refractivity contribution >= 4 is 27.5 Å². The molecule has 0 saturated heterocycles. The molecule has 1 atom stereocenters. The maximum Gasteiger partial charge on any atom is 0.241 e. The number of rotatable bonds is 6. The first-order chi connectivity index (χ1) is 11.3. The van der Waals surface area contributed by atoms with Crippen LogP contribution in [0.15, 0.2) is 53.4 Å². The summed E-state index contributed by atoms with van der Waals surface area (Å²) in [5.74, 6) is -0.863. The molecule has 0 bridgehead atoms. The molecule has 128 valence electrons. The first-order valence-electron chi connectivity index (χ1n) is 7.08. The minimum absolute atomic E-state index is 0.0202. The number of carbonyl (C=O) groups excluding carboxylic acids is 1. The Morgan fingerprint density at radius 2 is 1.88 bits per heavy atom. The minimum atomic E-state index is -3.86. The molecule has 0 aliphatic heterocycles. The Kier molecular flexibility index (Phi) is 5.93. The lowest BCUT2D eigenvalue weighted by Gasteiger charge is -2.14. The number of amides is 1. The van der Waals surface area contributed by atoms with Gasteiger partial charge in [0.25, 0.3) is 0 Å². The van der Waals surface area contributed by atoms with E-state index < -0.39 is 22.0 Å². The SMILES string of the molecule is CC(NS(=O)(=O)c1cccc(Cl)c1)C(=O)NCc1ccc(F)cc1. The average molecular weight is 371 g/mol. The summed E-state index contributed by atoms with van der Waals surface area (Å²) in [6.45, 7) is 1.60. The first kappa shape index (κ1) is 18.4. The number of sulfonamides is 1. The lowest BCUT2D eigenvalue weighted by Crippen LogP contribution is -2.44. The highest BCUT2D eigenvalue weighted by Crippen LogP contribution is 2.15. The zero-order valence-electron chi connectivity index (χ0n) is 12.8. The van der Waals surface area contributed by atoms with Crippen molar-refractivity contribution < 1.29 is 17.6 Å². The number of hydrogen-bond acceptors (Lipinski definition) is 3. The van der Waals surface area contributed by atoms with Crippen LogP contribution >= 0.6 is 11.6 Å². The molecule has 2 rings (SSSR count). The molecule has 0 aliphatic carbocycles. The molecule has 0 aromatic heterocycles. The molecule has 1 amide bonds. The molecule has 0 spiro atoms. The third-order valence-corrected chi connectivity index (χ3v) is 4.99. The molecular formula is C16H16ClFN2O3S. The molecule has 2 aromatic rings. The molecule has 0 saturated carbocycles. The molecule has 24 heavy (non-hydrogen) atoms. The Morgan fingerprint density at radius 3 is 2.50 bits per heavy atom. The van der Waals surface area contributed by atoms with E-state index >= 15 is 0 Å². The molecular weight excluding hydrogens is 355 g/mol. The molecule has 2 N–H and O–H groups in total. The van der Waals surface area contributed by atoms with Gasteiger partial charge in [-0.15, -0.1) is 0 Å². The summed E-state index contributed by atoms with van der Waals surface area (Å²) >= 11 is 5.78. The Bertz CT molecular complexity index is 825. The van der Waals surface area contributed by atoms with Gasteiger partial charge in [-0.25, -0.2) is 12.8 Å². The number of nitrogens with one attached hydrogen (secondary N) is 2. The third kappa shape index (κ3) is 5.02. The van der Waals surface area contributed by atoms with Crippen molar-refractivity contribution in [2.75, 3.05) is 0 Å². The zero-order valence-corrected chi connectivity index (χ0v) is 14.4. The van der Waals surface area contributed by atoms with E-state index in [1.807, 2.05) is 0 Å². The summed E-state index contributed by atoms with van der Waals surface area (Å²) in [7, 11) is -3.86. The summed E-state index contributed by atoms with van der Waals surface area (Å²) in [6.07, 6.45) is 0. The summed E-state index contributed by atoms with van der Waals surface area (Å²) in [4.78, 5) is 12.0. The Morgan fingerprint density at radius 1 is 1.21 bits per heavy atom. The second kappa shape index (κ2) is 7.74. The molecule has 8 heteroatoms. The Labute approximate surface area is 144 Å². The van der Waals surface area contributed by atoms with Gasteiger partial charge in [0.05, 0.1) is 10.9 Å². The topological polar surface area (TPSA) is 75.3 Å². The fourth-order valence-corrected chi connectivity index (χ4v) is 3.44. The van der Waals surface area contributed by atoms with Crippen LogP contribution in [0.3, 0.4) is 0 Å². The van der Waals surface area contributed by atoms with Gasteiger partial charge < -0.3 is 5.32 Å². The van der Waals surface area contributed by atoms with Gasteiger partial charge in [-0.05, 0) is 42.8 Å². The highest BCUT2D eigenvalue weighted by molar-refractivity contribution is 7.89. The second-order valence-corrected chi connectivity index (χ2v) is 7.30. The number of benzene rings is 2. The van der Waals surface area contributed by atoms with Crippen LogP contribution < -0.4 is 10.0 Å². The largest absolute Gasteiger partial charge is 0.351 e. The minimum Gasteiger partial charge on any atom is -0.351 e. The monoisotopic (exact) mass is 370 g/mol. The van der Waals surface area contributed by atoms with Gasteiger partial charge in [-0.1, -0.05) is 29.8 Å². The van der Waals surface area contributed by atoms with Crippen molar-refractivity contribution in [2.45, 2.75) is 24.4 Å². The number of hydrogen-bond donors (Lipinski definition) is 2. The summed E-state index contributed by atoms with van der Waals surface area (Å²) in [6, 6.07) is 10.4. The standard InChI is InChI=1S/C16H16ClFN2O3S/c1-11(16(21)19-10-12-5-7-14(18)8-6-12)20-24(22,23)15-4-2-3-13(17)9-15/h2-9,11,20H,10H2,1H3,(H,19,21). The van der Waals surface area contributed by atoms with E-state index in [0.717, 1.165) is 0 Å². The van der Waals surface area contributed by atoms with E-state index in [1.54, 1.807) is 6.07 Å². The van der Waals surface area contributed by atoms with E-state index in [0.29, 0.717) is 5.56 Å². The Hall–Kier alpha value is -1.96. The summed E-state index contributed by atoms with van der Waals surface area (Å²) in [5.41, 5.74) is 0.703. The van der Waals surface area contributed by atoms with Crippen molar-refractivity contribution in [3.05, 3.63) is 64.9 Å². The quantitative estimate of drug-likeness (QED) is 0.820.